The number of rotatable bonds is 6. The van der Waals surface area contributed by atoms with Crippen LogP contribution in [-0.2, 0) is 14.8 Å². The third kappa shape index (κ3) is 4.27. The minimum Gasteiger partial charge on any atom is -0.495 e. The van der Waals surface area contributed by atoms with Crippen LogP contribution >= 0.6 is 11.6 Å². The van der Waals surface area contributed by atoms with Crippen molar-refractivity contribution in [2.24, 2.45) is 0 Å². The van der Waals surface area contributed by atoms with Gasteiger partial charge in [0.05, 0.1) is 38.1 Å². The van der Waals surface area contributed by atoms with Gasteiger partial charge in [0.2, 0.25) is 10.0 Å². The van der Waals surface area contributed by atoms with E-state index in [2.05, 4.69) is 10.3 Å². The van der Waals surface area contributed by atoms with Gasteiger partial charge in [-0.3, -0.25) is 0 Å². The number of aromatic nitrogens is 1. The Morgan fingerprint density at radius 3 is 2.44 bits per heavy atom. The lowest BCUT2D eigenvalue weighted by molar-refractivity contribution is 0.0730. The van der Waals surface area contributed by atoms with Crippen molar-refractivity contribution >= 4 is 33.1 Å². The summed E-state index contributed by atoms with van der Waals surface area (Å²) < 4.78 is 42.4. The molecule has 3 rings (SSSR count). The molecule has 0 saturated carbocycles. The van der Waals surface area contributed by atoms with E-state index in [0.717, 1.165) is 0 Å². The number of methoxy groups -OCH3 is 2. The smallest absolute Gasteiger partial charge is 0.244 e. The van der Waals surface area contributed by atoms with Gasteiger partial charge in [-0.2, -0.15) is 4.31 Å². The number of anilines is 2. The van der Waals surface area contributed by atoms with Gasteiger partial charge in [0.15, 0.2) is 0 Å². The third-order valence-corrected chi connectivity index (χ3v) is 6.26. The third-order valence-electron chi connectivity index (χ3n) is 4.08. The van der Waals surface area contributed by atoms with Crippen LogP contribution in [0.25, 0.3) is 0 Å². The van der Waals surface area contributed by atoms with Gasteiger partial charge >= 0.3 is 0 Å². The number of nitrogens with zero attached hydrogens (tertiary/aromatic N) is 2. The van der Waals surface area contributed by atoms with Gasteiger partial charge in [0.25, 0.3) is 0 Å². The van der Waals surface area contributed by atoms with Gasteiger partial charge < -0.3 is 19.5 Å². The van der Waals surface area contributed by atoms with Crippen molar-refractivity contribution in [2.45, 2.75) is 4.90 Å². The Hall–Kier alpha value is -2.07. The summed E-state index contributed by atoms with van der Waals surface area (Å²) in [6, 6.07) is 6.41. The van der Waals surface area contributed by atoms with Crippen LogP contribution in [0.4, 0.5) is 11.5 Å². The number of halogens is 1. The zero-order chi connectivity index (χ0) is 19.4. The Morgan fingerprint density at radius 1 is 1.15 bits per heavy atom. The predicted octanol–water partition coefficient (Wildman–Crippen LogP) is 2.52. The zero-order valence-electron chi connectivity index (χ0n) is 14.9. The molecule has 1 aromatic heterocycles. The van der Waals surface area contributed by atoms with Crippen LogP contribution in [0.2, 0.25) is 5.02 Å². The van der Waals surface area contributed by atoms with Gasteiger partial charge in [-0.1, -0.05) is 11.6 Å². The number of benzene rings is 1. The van der Waals surface area contributed by atoms with Gasteiger partial charge in [-0.25, -0.2) is 13.4 Å². The molecule has 0 amide bonds. The lowest BCUT2D eigenvalue weighted by atomic mass is 10.2. The van der Waals surface area contributed by atoms with Crippen LogP contribution in [0, 0.1) is 0 Å². The molecule has 0 aliphatic carbocycles. The average molecular weight is 414 g/mol. The molecule has 2 aromatic rings. The van der Waals surface area contributed by atoms with Crippen LogP contribution in [0.3, 0.4) is 0 Å². The molecule has 146 valence electrons. The van der Waals surface area contributed by atoms with E-state index >= 15 is 0 Å². The minimum atomic E-state index is -3.58. The van der Waals surface area contributed by atoms with E-state index < -0.39 is 10.0 Å². The second kappa shape index (κ2) is 8.30. The largest absolute Gasteiger partial charge is 0.495 e. The Kier molecular flexibility index (Phi) is 6.05. The normalized spacial score (nSPS) is 15.4. The summed E-state index contributed by atoms with van der Waals surface area (Å²) in [7, 11) is -0.542. The highest BCUT2D eigenvalue weighted by molar-refractivity contribution is 7.89. The summed E-state index contributed by atoms with van der Waals surface area (Å²) in [6.45, 7) is 1.46. The molecular formula is C17H20ClN3O5S. The zero-order valence-corrected chi connectivity index (χ0v) is 16.5. The van der Waals surface area contributed by atoms with Gasteiger partial charge in [0.1, 0.15) is 22.2 Å². The van der Waals surface area contributed by atoms with Crippen molar-refractivity contribution < 1.29 is 22.6 Å². The van der Waals surface area contributed by atoms with Crippen LogP contribution < -0.4 is 14.8 Å². The fraction of sp³-hybridized carbons (Fsp3) is 0.353. The lowest BCUT2D eigenvalue weighted by Gasteiger charge is -2.25. The molecule has 0 bridgehead atoms. The molecule has 1 aliphatic heterocycles. The number of ether oxygens (including phenoxy) is 3. The first-order chi connectivity index (χ1) is 13.0. The fourth-order valence-electron chi connectivity index (χ4n) is 2.64. The second-order valence-electron chi connectivity index (χ2n) is 5.71. The van der Waals surface area contributed by atoms with Gasteiger partial charge in [-0.15, -0.1) is 0 Å². The number of morpholine rings is 1. The monoisotopic (exact) mass is 413 g/mol. The number of sulfonamides is 1. The maximum atomic E-state index is 12.6. The fourth-order valence-corrected chi connectivity index (χ4v) is 4.22. The molecule has 2 heterocycles. The quantitative estimate of drug-likeness (QED) is 0.778. The molecule has 1 N–H and O–H groups in total. The van der Waals surface area contributed by atoms with Crippen LogP contribution in [0.15, 0.2) is 35.4 Å². The molecule has 1 fully saturated rings. The van der Waals surface area contributed by atoms with Crippen molar-refractivity contribution in [3.05, 3.63) is 35.5 Å². The molecule has 0 atom stereocenters. The number of hydrogen-bond acceptors (Lipinski definition) is 7. The van der Waals surface area contributed by atoms with E-state index in [4.69, 9.17) is 25.8 Å². The predicted molar refractivity (Wildman–Crippen MR) is 102 cm³/mol. The number of nitrogens with one attached hydrogen (secondary N) is 1. The molecule has 0 unspecified atom stereocenters. The first kappa shape index (κ1) is 19.7. The number of pyridine rings is 1. The van der Waals surface area contributed by atoms with Crippen molar-refractivity contribution in [1.82, 2.24) is 9.29 Å². The highest BCUT2D eigenvalue weighted by atomic mass is 35.5. The van der Waals surface area contributed by atoms with Crippen molar-refractivity contribution in [3.63, 3.8) is 0 Å². The molecule has 0 radical (unpaired) electrons. The van der Waals surface area contributed by atoms with E-state index in [0.29, 0.717) is 54.3 Å². The molecule has 8 nitrogen and oxygen atoms in total. The second-order valence-corrected chi connectivity index (χ2v) is 8.05. The molecule has 27 heavy (non-hydrogen) atoms. The minimum absolute atomic E-state index is 0.135. The standard InChI is InChI=1S/C17H20ClN3O5S/c1-24-15-10-14(16(25-2)9-13(15)18)20-17-4-3-12(11-19-17)27(22,23)21-5-7-26-8-6-21/h3-4,9-11H,5-8H2,1-2H3,(H,19,20). The van der Waals surface area contributed by atoms with E-state index in [1.54, 1.807) is 18.2 Å². The summed E-state index contributed by atoms with van der Waals surface area (Å²) in [5.74, 6) is 1.44. The summed E-state index contributed by atoms with van der Waals surface area (Å²) in [6.07, 6.45) is 1.33. The van der Waals surface area contributed by atoms with Crippen molar-refractivity contribution in [1.29, 1.82) is 0 Å². The van der Waals surface area contributed by atoms with Crippen LogP contribution in [0.5, 0.6) is 11.5 Å². The molecule has 0 spiro atoms. The van der Waals surface area contributed by atoms with E-state index in [9.17, 15) is 8.42 Å². The Bertz CT molecular complexity index is 900. The molecular weight excluding hydrogens is 394 g/mol. The van der Waals surface area contributed by atoms with E-state index in [-0.39, 0.29) is 4.90 Å². The highest BCUT2D eigenvalue weighted by Crippen LogP contribution is 2.37. The Balaban J connectivity index is 1.82. The van der Waals surface area contributed by atoms with Crippen molar-refractivity contribution in [3.8, 4) is 11.5 Å². The summed E-state index contributed by atoms with van der Waals surface area (Å²) in [5.41, 5.74) is 0.593. The molecule has 1 aliphatic rings. The van der Waals surface area contributed by atoms with Crippen molar-refractivity contribution in [2.75, 3.05) is 45.8 Å². The summed E-state index contributed by atoms with van der Waals surface area (Å²) in [5, 5.41) is 3.50. The first-order valence-corrected chi connectivity index (χ1v) is 10.00. The maximum absolute atomic E-state index is 12.6. The maximum Gasteiger partial charge on any atom is 0.244 e. The molecule has 10 heteroatoms. The van der Waals surface area contributed by atoms with Gasteiger partial charge in [-0.05, 0) is 12.1 Å². The van der Waals surface area contributed by atoms with Crippen LogP contribution in [0.1, 0.15) is 0 Å². The van der Waals surface area contributed by atoms with E-state index in [1.807, 2.05) is 0 Å². The Morgan fingerprint density at radius 2 is 1.85 bits per heavy atom. The van der Waals surface area contributed by atoms with Crippen LogP contribution in [-0.4, -0.2) is 58.2 Å². The molecule has 1 saturated heterocycles. The lowest BCUT2D eigenvalue weighted by Crippen LogP contribution is -2.40. The van der Waals surface area contributed by atoms with Gasteiger partial charge in [0, 0.05) is 31.4 Å². The SMILES string of the molecule is COc1cc(Nc2ccc(S(=O)(=O)N3CCOCC3)cn2)c(OC)cc1Cl. The van der Waals surface area contributed by atoms with E-state index in [1.165, 1.54) is 30.8 Å². The topological polar surface area (TPSA) is 90.0 Å². The summed E-state index contributed by atoms with van der Waals surface area (Å²) >= 11 is 6.10. The Labute approximate surface area is 163 Å². The highest BCUT2D eigenvalue weighted by Gasteiger charge is 2.26. The molecule has 1 aromatic carbocycles. The first-order valence-electron chi connectivity index (χ1n) is 8.18. The summed E-state index contributed by atoms with van der Waals surface area (Å²) in [4.78, 5) is 4.35. The number of hydrogen-bond donors (Lipinski definition) is 1. The average Bonchev–Trinajstić information content (AvgIpc) is 2.70.